The van der Waals surface area contributed by atoms with E-state index in [9.17, 15) is 13.2 Å². The van der Waals surface area contributed by atoms with Crippen molar-refractivity contribution in [2.45, 2.75) is 25.6 Å². The number of alkyl halides is 3. The van der Waals surface area contributed by atoms with Crippen LogP contribution in [0.2, 0.25) is 0 Å². The van der Waals surface area contributed by atoms with E-state index in [1.165, 1.54) is 0 Å². The summed E-state index contributed by atoms with van der Waals surface area (Å²) >= 11 is 0. The molecule has 0 amide bonds. The minimum atomic E-state index is -4.13. The summed E-state index contributed by atoms with van der Waals surface area (Å²) in [6.07, 6.45) is -3.40. The third kappa shape index (κ3) is 3.56. The summed E-state index contributed by atoms with van der Waals surface area (Å²) in [4.78, 5) is 1.66. The summed E-state index contributed by atoms with van der Waals surface area (Å²) in [6, 6.07) is 3.52. The molecule has 1 atom stereocenters. The van der Waals surface area contributed by atoms with Crippen LogP contribution in [0.15, 0.2) is 12.1 Å². The molecule has 0 aromatic carbocycles. The van der Waals surface area contributed by atoms with Crippen LogP contribution in [0, 0.1) is 5.92 Å². The summed E-state index contributed by atoms with van der Waals surface area (Å²) < 4.78 is 38.2. The molecular formula is C12H17F3N4. The summed E-state index contributed by atoms with van der Waals surface area (Å²) in [5.74, 6) is -0.742. The van der Waals surface area contributed by atoms with Gasteiger partial charge in [0, 0.05) is 19.6 Å². The molecule has 0 bridgehead atoms. The van der Waals surface area contributed by atoms with Gasteiger partial charge in [0.25, 0.3) is 0 Å². The maximum Gasteiger partial charge on any atom is 0.393 e. The lowest BCUT2D eigenvalue weighted by molar-refractivity contribution is -0.176. The highest BCUT2D eigenvalue weighted by molar-refractivity contribution is 5.38. The van der Waals surface area contributed by atoms with E-state index in [0.29, 0.717) is 25.3 Å². The maximum absolute atomic E-state index is 12.7. The molecule has 0 saturated carbocycles. The van der Waals surface area contributed by atoms with E-state index in [-0.39, 0.29) is 13.0 Å². The first kappa shape index (κ1) is 14.0. The number of hydrogen-bond donors (Lipinski definition) is 1. The van der Waals surface area contributed by atoms with Crippen molar-refractivity contribution < 1.29 is 13.2 Å². The van der Waals surface area contributed by atoms with Gasteiger partial charge < -0.3 is 10.2 Å². The smallest absolute Gasteiger partial charge is 0.355 e. The average molecular weight is 274 g/mol. The first-order valence-corrected chi connectivity index (χ1v) is 6.29. The van der Waals surface area contributed by atoms with Crippen LogP contribution in [0.1, 0.15) is 18.5 Å². The van der Waals surface area contributed by atoms with Crippen LogP contribution in [0.5, 0.6) is 0 Å². The number of aromatic nitrogens is 2. The lowest BCUT2D eigenvalue weighted by Crippen LogP contribution is -2.42. The van der Waals surface area contributed by atoms with Crippen molar-refractivity contribution in [1.82, 2.24) is 15.5 Å². The van der Waals surface area contributed by atoms with Gasteiger partial charge in [-0.1, -0.05) is 0 Å². The van der Waals surface area contributed by atoms with Crippen molar-refractivity contribution in [2.24, 2.45) is 5.92 Å². The number of anilines is 1. The Kier molecular flexibility index (Phi) is 4.24. The van der Waals surface area contributed by atoms with Crippen LogP contribution in [-0.2, 0) is 6.54 Å². The quantitative estimate of drug-likeness (QED) is 0.915. The van der Waals surface area contributed by atoms with E-state index < -0.39 is 12.1 Å². The monoisotopic (exact) mass is 274 g/mol. The molecule has 1 fully saturated rings. The fourth-order valence-corrected chi connectivity index (χ4v) is 2.25. The normalized spacial score (nSPS) is 20.6. The van der Waals surface area contributed by atoms with Crippen LogP contribution in [0.3, 0.4) is 0 Å². The van der Waals surface area contributed by atoms with Crippen molar-refractivity contribution in [1.29, 1.82) is 0 Å². The molecule has 1 aromatic rings. The number of piperidine rings is 1. The number of rotatable bonds is 3. The van der Waals surface area contributed by atoms with Crippen molar-refractivity contribution in [2.75, 3.05) is 25.0 Å². The molecule has 1 aromatic heterocycles. The van der Waals surface area contributed by atoms with Crippen LogP contribution in [-0.4, -0.2) is 36.5 Å². The molecule has 7 heteroatoms. The van der Waals surface area contributed by atoms with Gasteiger partial charge in [-0.3, -0.25) is 0 Å². The fourth-order valence-electron chi connectivity index (χ4n) is 2.25. The standard InChI is InChI=1S/C12H17F3N4/c1-16-7-10-4-5-11(18-17-10)19-6-2-3-9(8-19)12(13,14)15/h4-5,9,16H,2-3,6-8H2,1H3. The van der Waals surface area contributed by atoms with Gasteiger partial charge in [0.2, 0.25) is 0 Å². The molecule has 106 valence electrons. The third-order valence-corrected chi connectivity index (χ3v) is 3.27. The summed E-state index contributed by atoms with van der Waals surface area (Å²) in [6.45, 7) is 1.18. The highest BCUT2D eigenvalue weighted by atomic mass is 19.4. The van der Waals surface area contributed by atoms with Gasteiger partial charge in [-0.2, -0.15) is 18.3 Å². The van der Waals surface area contributed by atoms with E-state index in [1.807, 2.05) is 0 Å². The minimum absolute atomic E-state index is 0.0243. The Bertz CT molecular complexity index is 404. The van der Waals surface area contributed by atoms with Gasteiger partial charge in [-0.15, -0.1) is 5.10 Å². The third-order valence-electron chi connectivity index (χ3n) is 3.27. The van der Waals surface area contributed by atoms with Crippen molar-refractivity contribution in [3.05, 3.63) is 17.8 Å². The molecule has 0 radical (unpaired) electrons. The topological polar surface area (TPSA) is 41.0 Å². The molecule has 1 unspecified atom stereocenters. The zero-order valence-electron chi connectivity index (χ0n) is 10.7. The van der Waals surface area contributed by atoms with Gasteiger partial charge in [0.15, 0.2) is 5.82 Å². The number of nitrogens with one attached hydrogen (secondary N) is 1. The van der Waals surface area contributed by atoms with Gasteiger partial charge >= 0.3 is 6.18 Å². The molecule has 0 spiro atoms. The Labute approximate surface area is 110 Å². The molecular weight excluding hydrogens is 257 g/mol. The van der Waals surface area contributed by atoms with Gasteiger partial charge in [-0.25, -0.2) is 0 Å². The Balaban J connectivity index is 2.04. The predicted molar refractivity (Wildman–Crippen MR) is 65.8 cm³/mol. The lowest BCUT2D eigenvalue weighted by Gasteiger charge is -2.34. The first-order valence-electron chi connectivity index (χ1n) is 6.29. The molecule has 2 rings (SSSR count). The maximum atomic E-state index is 12.7. The van der Waals surface area contributed by atoms with Crippen LogP contribution in [0.25, 0.3) is 0 Å². The van der Waals surface area contributed by atoms with Gasteiger partial charge in [0.1, 0.15) is 0 Å². The second-order valence-corrected chi connectivity index (χ2v) is 4.74. The molecule has 1 aliphatic rings. The molecule has 2 heterocycles. The molecule has 4 nitrogen and oxygen atoms in total. The largest absolute Gasteiger partial charge is 0.393 e. The fraction of sp³-hybridized carbons (Fsp3) is 0.667. The van der Waals surface area contributed by atoms with Crippen LogP contribution in [0.4, 0.5) is 19.0 Å². The average Bonchev–Trinajstić information content (AvgIpc) is 2.39. The zero-order chi connectivity index (χ0) is 13.9. The van der Waals surface area contributed by atoms with E-state index in [1.54, 1.807) is 24.1 Å². The molecule has 1 N–H and O–H groups in total. The summed E-state index contributed by atoms with van der Waals surface area (Å²) in [7, 11) is 1.80. The second-order valence-electron chi connectivity index (χ2n) is 4.74. The van der Waals surface area contributed by atoms with E-state index in [2.05, 4.69) is 15.5 Å². The first-order chi connectivity index (χ1) is 9.00. The lowest BCUT2D eigenvalue weighted by atomic mass is 9.97. The Morgan fingerprint density at radius 3 is 2.74 bits per heavy atom. The summed E-state index contributed by atoms with van der Waals surface area (Å²) in [5.41, 5.74) is 0.774. The highest BCUT2D eigenvalue weighted by Gasteiger charge is 2.42. The molecule has 19 heavy (non-hydrogen) atoms. The number of nitrogens with zero attached hydrogens (tertiary/aromatic N) is 3. The zero-order valence-corrected chi connectivity index (χ0v) is 10.7. The molecule has 1 saturated heterocycles. The van der Waals surface area contributed by atoms with Crippen molar-refractivity contribution in [3.8, 4) is 0 Å². The van der Waals surface area contributed by atoms with Crippen molar-refractivity contribution >= 4 is 5.82 Å². The number of hydrogen-bond acceptors (Lipinski definition) is 4. The second kappa shape index (κ2) is 5.73. The predicted octanol–water partition coefficient (Wildman–Crippen LogP) is 1.97. The van der Waals surface area contributed by atoms with Crippen LogP contribution >= 0.6 is 0 Å². The summed E-state index contributed by atoms with van der Waals surface area (Å²) in [5, 5.41) is 10.9. The van der Waals surface area contributed by atoms with Gasteiger partial charge in [0.05, 0.1) is 11.6 Å². The highest BCUT2D eigenvalue weighted by Crippen LogP contribution is 2.34. The van der Waals surface area contributed by atoms with E-state index in [4.69, 9.17) is 0 Å². The Morgan fingerprint density at radius 2 is 2.16 bits per heavy atom. The Hall–Kier alpha value is -1.37. The Morgan fingerprint density at radius 1 is 1.37 bits per heavy atom. The van der Waals surface area contributed by atoms with Crippen LogP contribution < -0.4 is 10.2 Å². The van der Waals surface area contributed by atoms with E-state index >= 15 is 0 Å². The molecule has 1 aliphatic heterocycles. The van der Waals surface area contributed by atoms with Crippen molar-refractivity contribution in [3.63, 3.8) is 0 Å². The SMILES string of the molecule is CNCc1ccc(N2CCCC(C(F)(F)F)C2)nn1. The minimum Gasteiger partial charge on any atom is -0.355 e. The van der Waals surface area contributed by atoms with Gasteiger partial charge in [-0.05, 0) is 32.0 Å². The number of halogens is 3. The molecule has 0 aliphatic carbocycles. The van der Waals surface area contributed by atoms with E-state index in [0.717, 1.165) is 5.69 Å².